The van der Waals surface area contributed by atoms with Crippen molar-refractivity contribution in [2.24, 2.45) is 0 Å². The van der Waals surface area contributed by atoms with Gasteiger partial charge in [-0.05, 0) is 61.4 Å². The molecule has 0 unspecified atom stereocenters. The van der Waals surface area contributed by atoms with Crippen LogP contribution in [-0.2, 0) is 4.79 Å². The van der Waals surface area contributed by atoms with Gasteiger partial charge in [0.15, 0.2) is 6.61 Å². The van der Waals surface area contributed by atoms with Gasteiger partial charge in [0.1, 0.15) is 11.5 Å². The van der Waals surface area contributed by atoms with E-state index in [-0.39, 0.29) is 6.61 Å². The van der Waals surface area contributed by atoms with Gasteiger partial charge in [-0.1, -0.05) is 6.07 Å². The van der Waals surface area contributed by atoms with Crippen molar-refractivity contribution in [3.63, 3.8) is 0 Å². The van der Waals surface area contributed by atoms with Crippen LogP contribution in [0.25, 0.3) is 0 Å². The van der Waals surface area contributed by atoms with Crippen LogP contribution in [0.5, 0.6) is 11.5 Å². The summed E-state index contributed by atoms with van der Waals surface area (Å²) in [7, 11) is 1.55. The molecule has 2 rings (SSSR count). The molecular weight excluding hydrogens is 308 g/mol. The topological polar surface area (TPSA) is 76.7 Å². The van der Waals surface area contributed by atoms with Crippen LogP contribution in [-0.4, -0.2) is 25.5 Å². The summed E-state index contributed by atoms with van der Waals surface area (Å²) in [4.78, 5) is 23.6. The van der Waals surface area contributed by atoms with E-state index in [1.54, 1.807) is 37.4 Å². The number of hydrogen-bond donors (Lipinski definition) is 2. The monoisotopic (exact) mass is 328 g/mol. The molecule has 2 aromatic rings. The highest BCUT2D eigenvalue weighted by molar-refractivity contribution is 5.95. The lowest BCUT2D eigenvalue weighted by Gasteiger charge is -2.10. The molecule has 0 heterocycles. The number of benzene rings is 2. The van der Waals surface area contributed by atoms with Crippen LogP contribution in [0.2, 0.25) is 0 Å². The Balaban J connectivity index is 1.79. The van der Waals surface area contributed by atoms with Gasteiger partial charge in [-0.2, -0.15) is 0 Å². The molecule has 24 heavy (non-hydrogen) atoms. The third-order valence-corrected chi connectivity index (χ3v) is 3.52. The number of nitrogens with one attached hydrogen (secondary N) is 2. The molecule has 2 N–H and O–H groups in total. The Bertz CT molecular complexity index is 726. The van der Waals surface area contributed by atoms with E-state index in [1.165, 1.54) is 0 Å². The molecule has 0 spiro atoms. The second kappa shape index (κ2) is 8.01. The number of hydrazine groups is 1. The molecule has 0 aliphatic heterocycles. The minimum absolute atomic E-state index is 0.189. The zero-order valence-corrected chi connectivity index (χ0v) is 13.9. The molecular formula is C18H20N2O4. The molecule has 0 fully saturated rings. The van der Waals surface area contributed by atoms with Crippen molar-refractivity contribution in [3.05, 3.63) is 59.2 Å². The van der Waals surface area contributed by atoms with Crippen molar-refractivity contribution < 1.29 is 19.1 Å². The minimum atomic E-state index is -0.449. The van der Waals surface area contributed by atoms with Crippen LogP contribution < -0.4 is 20.3 Å². The molecule has 126 valence electrons. The number of carbonyl (C=O) groups is 2. The van der Waals surface area contributed by atoms with Crippen LogP contribution in [0, 0.1) is 13.8 Å². The minimum Gasteiger partial charge on any atom is -0.497 e. The number of methoxy groups -OCH3 is 1. The molecule has 0 aromatic heterocycles. The van der Waals surface area contributed by atoms with Gasteiger partial charge in [-0.15, -0.1) is 0 Å². The summed E-state index contributed by atoms with van der Waals surface area (Å²) in [5.41, 5.74) is 7.29. The Morgan fingerprint density at radius 2 is 1.58 bits per heavy atom. The fourth-order valence-corrected chi connectivity index (χ4v) is 1.93. The largest absolute Gasteiger partial charge is 0.497 e. The first kappa shape index (κ1) is 17.3. The molecule has 0 saturated heterocycles. The quantitative estimate of drug-likeness (QED) is 0.825. The van der Waals surface area contributed by atoms with Gasteiger partial charge in [-0.3, -0.25) is 20.4 Å². The Kier molecular flexibility index (Phi) is 5.78. The fraction of sp³-hybridized carbons (Fsp3) is 0.222. The first-order valence-corrected chi connectivity index (χ1v) is 7.43. The van der Waals surface area contributed by atoms with Crippen molar-refractivity contribution >= 4 is 11.8 Å². The van der Waals surface area contributed by atoms with Crippen molar-refractivity contribution in [3.8, 4) is 11.5 Å². The number of carbonyl (C=O) groups excluding carboxylic acids is 2. The fourth-order valence-electron chi connectivity index (χ4n) is 1.93. The van der Waals surface area contributed by atoms with Gasteiger partial charge in [0.05, 0.1) is 7.11 Å². The SMILES string of the molecule is COc1ccc(C(=O)NNC(=O)COc2ccc(C)c(C)c2)cc1. The maximum Gasteiger partial charge on any atom is 0.276 e. The predicted octanol–water partition coefficient (Wildman–Crippen LogP) is 2.15. The van der Waals surface area contributed by atoms with E-state index in [2.05, 4.69) is 10.9 Å². The smallest absolute Gasteiger partial charge is 0.276 e. The molecule has 0 bridgehead atoms. The number of ether oxygens (including phenoxy) is 2. The maximum atomic E-state index is 11.9. The number of hydrogen-bond acceptors (Lipinski definition) is 4. The van der Waals surface area contributed by atoms with Crippen LogP contribution in [0.3, 0.4) is 0 Å². The summed E-state index contributed by atoms with van der Waals surface area (Å²) < 4.78 is 10.4. The molecule has 0 aliphatic carbocycles. The Morgan fingerprint density at radius 1 is 0.917 bits per heavy atom. The highest BCUT2D eigenvalue weighted by Gasteiger charge is 2.08. The van der Waals surface area contributed by atoms with E-state index in [4.69, 9.17) is 9.47 Å². The summed E-state index contributed by atoms with van der Waals surface area (Å²) >= 11 is 0. The van der Waals surface area contributed by atoms with Gasteiger partial charge in [0.2, 0.25) is 0 Å². The molecule has 0 atom stereocenters. The molecule has 6 heteroatoms. The van der Waals surface area contributed by atoms with E-state index in [1.807, 2.05) is 26.0 Å². The highest BCUT2D eigenvalue weighted by atomic mass is 16.5. The molecule has 0 aliphatic rings. The van der Waals surface area contributed by atoms with Crippen LogP contribution in [0.15, 0.2) is 42.5 Å². The third-order valence-electron chi connectivity index (χ3n) is 3.52. The molecule has 0 radical (unpaired) electrons. The second-order valence-corrected chi connectivity index (χ2v) is 5.27. The van der Waals surface area contributed by atoms with Crippen LogP contribution in [0.1, 0.15) is 21.5 Å². The van der Waals surface area contributed by atoms with Gasteiger partial charge in [-0.25, -0.2) is 0 Å². The molecule has 6 nitrogen and oxygen atoms in total. The average Bonchev–Trinajstić information content (AvgIpc) is 2.60. The first-order valence-electron chi connectivity index (χ1n) is 7.43. The standard InChI is InChI=1S/C18H20N2O4/c1-12-4-7-16(10-13(12)2)24-11-17(21)19-20-18(22)14-5-8-15(23-3)9-6-14/h4-10H,11H2,1-3H3,(H,19,21)(H,20,22). The van der Waals surface area contributed by atoms with Crippen molar-refractivity contribution in [2.45, 2.75) is 13.8 Å². The van der Waals surface area contributed by atoms with E-state index in [9.17, 15) is 9.59 Å². The lowest BCUT2D eigenvalue weighted by molar-refractivity contribution is -0.123. The molecule has 2 aromatic carbocycles. The Morgan fingerprint density at radius 3 is 2.21 bits per heavy atom. The van der Waals surface area contributed by atoms with Gasteiger partial charge >= 0.3 is 0 Å². The second-order valence-electron chi connectivity index (χ2n) is 5.27. The number of rotatable bonds is 5. The Labute approximate surface area is 140 Å². The van der Waals surface area contributed by atoms with Crippen molar-refractivity contribution in [1.82, 2.24) is 10.9 Å². The maximum absolute atomic E-state index is 11.9. The van der Waals surface area contributed by atoms with E-state index in [0.717, 1.165) is 11.1 Å². The lowest BCUT2D eigenvalue weighted by atomic mass is 10.1. The summed E-state index contributed by atoms with van der Waals surface area (Å²) in [5.74, 6) is 0.388. The summed E-state index contributed by atoms with van der Waals surface area (Å²) in [6, 6.07) is 12.1. The molecule has 2 amide bonds. The summed E-state index contributed by atoms with van der Waals surface area (Å²) in [6.45, 7) is 3.78. The highest BCUT2D eigenvalue weighted by Crippen LogP contribution is 2.16. The third kappa shape index (κ3) is 4.74. The van der Waals surface area contributed by atoms with E-state index < -0.39 is 11.8 Å². The van der Waals surface area contributed by atoms with Crippen LogP contribution >= 0.6 is 0 Å². The van der Waals surface area contributed by atoms with Gasteiger partial charge in [0.25, 0.3) is 11.8 Å². The average molecular weight is 328 g/mol. The zero-order valence-electron chi connectivity index (χ0n) is 13.9. The number of aryl methyl sites for hydroxylation is 2. The molecule has 0 saturated carbocycles. The van der Waals surface area contributed by atoms with Gasteiger partial charge in [0, 0.05) is 5.56 Å². The van der Waals surface area contributed by atoms with Crippen molar-refractivity contribution in [1.29, 1.82) is 0 Å². The Hall–Kier alpha value is -3.02. The van der Waals surface area contributed by atoms with Crippen molar-refractivity contribution in [2.75, 3.05) is 13.7 Å². The predicted molar refractivity (Wildman–Crippen MR) is 90.0 cm³/mol. The van der Waals surface area contributed by atoms with Gasteiger partial charge < -0.3 is 9.47 Å². The summed E-state index contributed by atoms with van der Waals surface area (Å²) in [5, 5.41) is 0. The van der Waals surface area contributed by atoms with E-state index in [0.29, 0.717) is 17.1 Å². The van der Waals surface area contributed by atoms with E-state index >= 15 is 0 Å². The lowest BCUT2D eigenvalue weighted by Crippen LogP contribution is -2.43. The zero-order chi connectivity index (χ0) is 17.5. The first-order chi connectivity index (χ1) is 11.5. The number of amides is 2. The normalized spacial score (nSPS) is 9.96. The summed E-state index contributed by atoms with van der Waals surface area (Å²) in [6.07, 6.45) is 0. The van der Waals surface area contributed by atoms with Crippen LogP contribution in [0.4, 0.5) is 0 Å².